The van der Waals surface area contributed by atoms with E-state index in [0.717, 1.165) is 10.2 Å². The van der Waals surface area contributed by atoms with Gasteiger partial charge in [-0.15, -0.1) is 0 Å². The average molecular weight is 396 g/mol. The lowest BCUT2D eigenvalue weighted by Crippen LogP contribution is -2.20. The molecule has 28 heavy (non-hydrogen) atoms. The molecule has 0 saturated carbocycles. The third-order valence-electron chi connectivity index (χ3n) is 4.17. The molecular weight excluding hydrogens is 382 g/mol. The summed E-state index contributed by atoms with van der Waals surface area (Å²) in [6, 6.07) is 11.6. The van der Waals surface area contributed by atoms with E-state index < -0.39 is 17.0 Å². The van der Waals surface area contributed by atoms with Gasteiger partial charge in [0.15, 0.2) is 5.65 Å². The molecule has 0 radical (unpaired) electrons. The molecule has 4 aromatic rings. The number of rotatable bonds is 3. The molecule has 1 amide bonds. The van der Waals surface area contributed by atoms with Crippen molar-refractivity contribution in [3.05, 3.63) is 85.6 Å². The summed E-state index contributed by atoms with van der Waals surface area (Å²) >= 11 is 6.02. The molecule has 0 unspecified atom stereocenters. The number of carbonyl (C=O) groups excluding carboxylic acids is 1. The van der Waals surface area contributed by atoms with Gasteiger partial charge in [-0.1, -0.05) is 23.7 Å². The first-order chi connectivity index (χ1) is 13.4. The zero-order chi connectivity index (χ0) is 19.8. The Morgan fingerprint density at radius 2 is 2.00 bits per heavy atom. The van der Waals surface area contributed by atoms with Crippen molar-refractivity contribution in [2.24, 2.45) is 0 Å². The minimum absolute atomic E-state index is 0.0602. The Morgan fingerprint density at radius 3 is 2.71 bits per heavy atom. The topological polar surface area (TPSA) is 112 Å². The molecule has 0 saturated heterocycles. The van der Waals surface area contributed by atoms with Crippen LogP contribution in [0.1, 0.15) is 16.1 Å². The lowest BCUT2D eigenvalue weighted by molar-refractivity contribution is 0.102. The Bertz CT molecular complexity index is 1320. The number of nitrogens with zero attached hydrogens (tertiary/aromatic N) is 2. The van der Waals surface area contributed by atoms with Gasteiger partial charge in [-0.05, 0) is 36.8 Å². The number of hydrogen-bond donors (Lipinski definition) is 3. The Balaban J connectivity index is 1.83. The van der Waals surface area contributed by atoms with Crippen LogP contribution in [-0.4, -0.2) is 25.5 Å². The molecule has 3 aromatic heterocycles. The van der Waals surface area contributed by atoms with Crippen molar-refractivity contribution in [1.29, 1.82) is 0 Å². The summed E-state index contributed by atoms with van der Waals surface area (Å²) in [5.41, 5.74) is 0.980. The fourth-order valence-electron chi connectivity index (χ4n) is 2.83. The van der Waals surface area contributed by atoms with Crippen molar-refractivity contribution in [2.45, 2.75) is 6.92 Å². The second-order valence-corrected chi connectivity index (χ2v) is 6.61. The Labute approximate surface area is 162 Å². The van der Waals surface area contributed by atoms with Gasteiger partial charge in [-0.3, -0.25) is 24.5 Å². The normalized spacial score (nSPS) is 10.9. The summed E-state index contributed by atoms with van der Waals surface area (Å²) in [6.07, 6.45) is 1.49. The molecule has 4 rings (SSSR count). The molecule has 0 aliphatic rings. The molecule has 3 N–H and O–H groups in total. The maximum Gasteiger partial charge on any atom is 0.279 e. The number of benzene rings is 1. The number of nitrogens with one attached hydrogen (secondary N) is 3. The number of hydrogen-bond acceptors (Lipinski definition) is 4. The first-order valence-corrected chi connectivity index (χ1v) is 8.68. The van der Waals surface area contributed by atoms with Crippen LogP contribution in [0, 0.1) is 6.92 Å². The van der Waals surface area contributed by atoms with Crippen LogP contribution in [-0.2, 0) is 0 Å². The molecule has 0 aliphatic heterocycles. The number of fused-ring (bicyclic) bond motifs is 1. The van der Waals surface area contributed by atoms with E-state index in [9.17, 15) is 14.4 Å². The largest absolute Gasteiger partial charge is 0.339 e. The van der Waals surface area contributed by atoms with Gasteiger partial charge in [0.25, 0.3) is 17.0 Å². The van der Waals surface area contributed by atoms with Crippen molar-refractivity contribution >= 4 is 28.8 Å². The van der Waals surface area contributed by atoms with Crippen LogP contribution < -0.4 is 16.4 Å². The van der Waals surface area contributed by atoms with Crippen LogP contribution in [0.15, 0.2) is 58.3 Å². The van der Waals surface area contributed by atoms with Crippen molar-refractivity contribution in [3.63, 3.8) is 0 Å². The number of halogens is 1. The molecule has 8 nitrogen and oxygen atoms in total. The van der Waals surface area contributed by atoms with Gasteiger partial charge in [-0.2, -0.15) is 4.52 Å². The van der Waals surface area contributed by atoms with Crippen molar-refractivity contribution in [3.8, 4) is 11.3 Å². The van der Waals surface area contributed by atoms with Crippen molar-refractivity contribution in [1.82, 2.24) is 19.6 Å². The van der Waals surface area contributed by atoms with E-state index in [-0.39, 0.29) is 11.2 Å². The van der Waals surface area contributed by atoms with Gasteiger partial charge >= 0.3 is 0 Å². The maximum atomic E-state index is 12.7. The van der Waals surface area contributed by atoms with Gasteiger partial charge in [-0.25, -0.2) is 0 Å². The second kappa shape index (κ2) is 6.82. The van der Waals surface area contributed by atoms with E-state index in [4.69, 9.17) is 11.6 Å². The molecule has 0 bridgehead atoms. The molecule has 0 spiro atoms. The highest BCUT2D eigenvalue weighted by atomic mass is 35.5. The minimum Gasteiger partial charge on any atom is -0.339 e. The molecular formula is C19H14ClN5O3. The fourth-order valence-corrected chi connectivity index (χ4v) is 3.02. The molecule has 0 fully saturated rings. The van der Waals surface area contributed by atoms with Gasteiger partial charge in [0.1, 0.15) is 5.56 Å². The monoisotopic (exact) mass is 395 g/mol. The second-order valence-electron chi connectivity index (χ2n) is 6.17. The van der Waals surface area contributed by atoms with E-state index in [0.29, 0.717) is 22.0 Å². The van der Waals surface area contributed by atoms with Crippen LogP contribution in [0.4, 0.5) is 5.69 Å². The molecule has 9 heteroatoms. The summed E-state index contributed by atoms with van der Waals surface area (Å²) in [5, 5.41) is 5.49. The standard InChI is InChI=1S/C19H14ClN5O3/c1-10-5-6-13(9-21-10)22-18(27)16-17-23-14(11-3-2-4-12(20)7-11)8-15(26)25(17)24-19(16)28/h2-9,23H,1H3,(H,22,27)(H,24,28). The zero-order valence-corrected chi connectivity index (χ0v) is 15.4. The highest BCUT2D eigenvalue weighted by Gasteiger charge is 2.20. The Kier molecular flexibility index (Phi) is 4.32. The Morgan fingerprint density at radius 1 is 1.18 bits per heavy atom. The lowest BCUT2D eigenvalue weighted by atomic mass is 10.1. The van der Waals surface area contributed by atoms with Crippen LogP contribution in [0.25, 0.3) is 16.9 Å². The van der Waals surface area contributed by atoms with Crippen molar-refractivity contribution < 1.29 is 4.79 Å². The van der Waals surface area contributed by atoms with Gasteiger partial charge < -0.3 is 10.3 Å². The highest BCUT2D eigenvalue weighted by Crippen LogP contribution is 2.21. The summed E-state index contributed by atoms with van der Waals surface area (Å²) in [7, 11) is 0. The maximum absolute atomic E-state index is 12.7. The average Bonchev–Trinajstić information content (AvgIpc) is 3.00. The summed E-state index contributed by atoms with van der Waals surface area (Å²) in [4.78, 5) is 44.5. The summed E-state index contributed by atoms with van der Waals surface area (Å²) in [5.74, 6) is -0.659. The first-order valence-electron chi connectivity index (χ1n) is 8.30. The first kappa shape index (κ1) is 17.7. The fraction of sp³-hybridized carbons (Fsp3) is 0.0526. The number of anilines is 1. The van der Waals surface area contributed by atoms with Gasteiger partial charge in [0.2, 0.25) is 0 Å². The smallest absolute Gasteiger partial charge is 0.279 e. The quantitative estimate of drug-likeness (QED) is 0.495. The number of amides is 1. The van der Waals surface area contributed by atoms with Gasteiger partial charge in [0, 0.05) is 16.8 Å². The predicted octanol–water partition coefficient (Wildman–Crippen LogP) is 2.59. The third-order valence-corrected chi connectivity index (χ3v) is 4.41. The zero-order valence-electron chi connectivity index (χ0n) is 14.6. The van der Waals surface area contributed by atoms with Crippen LogP contribution in [0.3, 0.4) is 0 Å². The minimum atomic E-state index is -0.686. The van der Waals surface area contributed by atoms with E-state index in [1.807, 2.05) is 6.92 Å². The molecule has 0 atom stereocenters. The number of aromatic nitrogens is 4. The predicted molar refractivity (Wildman–Crippen MR) is 106 cm³/mol. The van der Waals surface area contributed by atoms with E-state index in [1.54, 1.807) is 36.4 Å². The number of pyridine rings is 1. The van der Waals surface area contributed by atoms with Crippen LogP contribution in [0.5, 0.6) is 0 Å². The van der Waals surface area contributed by atoms with Gasteiger partial charge in [0.05, 0.1) is 17.6 Å². The SMILES string of the molecule is Cc1ccc(NC(=O)c2c(=O)[nH]n3c(=O)cc(-c4cccc(Cl)c4)[nH]c23)cn1. The molecule has 1 aromatic carbocycles. The summed E-state index contributed by atoms with van der Waals surface area (Å²) in [6.45, 7) is 1.82. The van der Waals surface area contributed by atoms with E-state index in [2.05, 4.69) is 20.4 Å². The molecule has 3 heterocycles. The summed E-state index contributed by atoms with van der Waals surface area (Å²) < 4.78 is 0.999. The van der Waals surface area contributed by atoms with Crippen LogP contribution in [0.2, 0.25) is 5.02 Å². The number of H-pyrrole nitrogens is 2. The van der Waals surface area contributed by atoms with E-state index >= 15 is 0 Å². The third kappa shape index (κ3) is 3.21. The van der Waals surface area contributed by atoms with E-state index in [1.165, 1.54) is 12.3 Å². The highest BCUT2D eigenvalue weighted by molar-refractivity contribution is 6.30. The number of carbonyl (C=O) groups is 1. The Hall–Kier alpha value is -3.65. The lowest BCUT2D eigenvalue weighted by Gasteiger charge is -2.06. The molecule has 0 aliphatic carbocycles. The van der Waals surface area contributed by atoms with Crippen molar-refractivity contribution in [2.75, 3.05) is 5.32 Å². The molecule has 140 valence electrons. The van der Waals surface area contributed by atoms with Crippen LogP contribution >= 0.6 is 11.6 Å². The number of aryl methyl sites for hydroxylation is 1. The number of aromatic amines is 2.